The van der Waals surface area contributed by atoms with Gasteiger partial charge in [-0.15, -0.1) is 24.8 Å². The molecule has 0 atom stereocenters. The van der Waals surface area contributed by atoms with E-state index in [4.69, 9.17) is 11.6 Å². The van der Waals surface area contributed by atoms with Gasteiger partial charge in [0.2, 0.25) is 0 Å². The van der Waals surface area contributed by atoms with Crippen molar-refractivity contribution in [1.29, 1.82) is 0 Å². The Bertz CT molecular complexity index is 541. The number of carbonyl (C=O) groups excluding carboxylic acids is 1. The van der Waals surface area contributed by atoms with Gasteiger partial charge in [-0.25, -0.2) is 0 Å². The summed E-state index contributed by atoms with van der Waals surface area (Å²) in [5.41, 5.74) is -1.19. The second-order valence-corrected chi connectivity index (χ2v) is 3.88. The number of hydrogen-bond donors (Lipinski definition) is 1. The maximum atomic E-state index is 12.3. The lowest BCUT2D eigenvalue weighted by atomic mass is 10.1. The van der Waals surface area contributed by atoms with Crippen molar-refractivity contribution < 1.29 is 27.4 Å². The molecule has 20 heavy (non-hydrogen) atoms. The van der Waals surface area contributed by atoms with E-state index in [1.165, 1.54) is 0 Å². The first-order chi connectivity index (χ1) is 9.28. The van der Waals surface area contributed by atoms with Gasteiger partial charge in [0.15, 0.2) is 5.75 Å². The van der Waals surface area contributed by atoms with E-state index in [0.717, 1.165) is 6.20 Å². The van der Waals surface area contributed by atoms with Crippen LogP contribution in [0.15, 0.2) is 11.0 Å². The smallest absolute Gasteiger partial charge is 0.466 e. The molecule has 1 aromatic heterocycles. The van der Waals surface area contributed by atoms with Gasteiger partial charge in [0, 0.05) is 17.6 Å². The Labute approximate surface area is 116 Å². The molecule has 0 aliphatic heterocycles. The van der Waals surface area contributed by atoms with E-state index >= 15 is 0 Å². The lowest BCUT2D eigenvalue weighted by Crippen LogP contribution is -2.25. The summed E-state index contributed by atoms with van der Waals surface area (Å²) in [7, 11) is 0. The number of pyridine rings is 1. The number of H-pyrrole nitrogens is 1. The second-order valence-electron chi connectivity index (χ2n) is 3.61. The summed E-state index contributed by atoms with van der Waals surface area (Å²) in [4.78, 5) is 24.9. The van der Waals surface area contributed by atoms with E-state index in [9.17, 15) is 22.8 Å². The van der Waals surface area contributed by atoms with Gasteiger partial charge >= 0.3 is 12.3 Å². The number of rotatable bonds is 5. The van der Waals surface area contributed by atoms with Crippen molar-refractivity contribution in [1.82, 2.24) is 4.98 Å². The monoisotopic (exact) mass is 313 g/mol. The number of carbonyl (C=O) groups is 1. The summed E-state index contributed by atoms with van der Waals surface area (Å²) < 4.78 is 45.2. The molecule has 1 aromatic rings. The highest BCUT2D eigenvalue weighted by Gasteiger charge is 2.34. The number of aromatic nitrogens is 1. The Morgan fingerprint density at radius 1 is 1.45 bits per heavy atom. The van der Waals surface area contributed by atoms with Gasteiger partial charge < -0.3 is 14.5 Å². The normalized spacial score (nSPS) is 11.2. The van der Waals surface area contributed by atoms with Crippen molar-refractivity contribution in [2.24, 2.45) is 0 Å². The van der Waals surface area contributed by atoms with Crippen LogP contribution in [-0.2, 0) is 21.8 Å². The first kappa shape index (κ1) is 16.4. The van der Waals surface area contributed by atoms with Gasteiger partial charge in [-0.3, -0.25) is 9.59 Å². The number of alkyl halides is 4. The van der Waals surface area contributed by atoms with Crippen LogP contribution in [0.1, 0.15) is 18.1 Å². The lowest BCUT2D eigenvalue weighted by molar-refractivity contribution is -0.275. The van der Waals surface area contributed by atoms with Crippen molar-refractivity contribution >= 4 is 17.6 Å². The van der Waals surface area contributed by atoms with Crippen LogP contribution >= 0.6 is 11.6 Å². The summed E-state index contributed by atoms with van der Waals surface area (Å²) in [6, 6.07) is 0. The Morgan fingerprint density at radius 2 is 2.10 bits per heavy atom. The van der Waals surface area contributed by atoms with Crippen molar-refractivity contribution in [3.05, 3.63) is 27.7 Å². The average Bonchev–Trinajstić information content (AvgIpc) is 2.33. The van der Waals surface area contributed by atoms with Gasteiger partial charge in [0.25, 0.3) is 5.56 Å². The minimum Gasteiger partial charge on any atom is -0.466 e. The van der Waals surface area contributed by atoms with Gasteiger partial charge in [0.1, 0.15) is 0 Å². The molecule has 0 unspecified atom stereocenters. The molecule has 0 amide bonds. The molecule has 0 aromatic carbocycles. The lowest BCUT2D eigenvalue weighted by Gasteiger charge is -2.14. The Balaban J connectivity index is 3.25. The van der Waals surface area contributed by atoms with Crippen LogP contribution in [0.2, 0.25) is 0 Å². The fourth-order valence-corrected chi connectivity index (χ4v) is 1.72. The third-order valence-corrected chi connectivity index (χ3v) is 2.52. The number of nitrogens with one attached hydrogen (secondary N) is 1. The highest BCUT2D eigenvalue weighted by atomic mass is 35.5. The number of aromatic amines is 1. The van der Waals surface area contributed by atoms with Gasteiger partial charge in [0.05, 0.1) is 13.0 Å². The van der Waals surface area contributed by atoms with Crippen LogP contribution < -0.4 is 10.3 Å². The Kier molecular flexibility index (Phi) is 5.43. The summed E-state index contributed by atoms with van der Waals surface area (Å²) in [5.74, 6) is -1.97. The third kappa shape index (κ3) is 4.44. The molecule has 0 spiro atoms. The highest BCUT2D eigenvalue weighted by Crippen LogP contribution is 2.26. The van der Waals surface area contributed by atoms with E-state index in [0.29, 0.717) is 0 Å². The number of hydrogen-bond acceptors (Lipinski definition) is 4. The molecule has 112 valence electrons. The van der Waals surface area contributed by atoms with Crippen LogP contribution in [0.25, 0.3) is 0 Å². The predicted octanol–water partition coefficient (Wildman–Crippen LogP) is 2.12. The van der Waals surface area contributed by atoms with Crippen molar-refractivity contribution in [3.8, 4) is 5.75 Å². The fraction of sp³-hybridized carbons (Fsp3) is 0.455. The molecular weight excluding hydrogens is 303 g/mol. The zero-order valence-corrected chi connectivity index (χ0v) is 11.1. The molecule has 5 nitrogen and oxygen atoms in total. The molecule has 0 fully saturated rings. The minimum absolute atomic E-state index is 0.0632. The number of halogens is 4. The SMILES string of the molecule is CCOC(=O)Cc1c(CCl)c[nH]c(=O)c1OC(F)(F)F. The van der Waals surface area contributed by atoms with Crippen LogP contribution in [0.4, 0.5) is 13.2 Å². The minimum atomic E-state index is -5.05. The van der Waals surface area contributed by atoms with E-state index in [1.54, 1.807) is 6.92 Å². The summed E-state index contributed by atoms with van der Waals surface area (Å²) in [5, 5.41) is 0. The van der Waals surface area contributed by atoms with E-state index in [-0.39, 0.29) is 23.6 Å². The first-order valence-electron chi connectivity index (χ1n) is 5.49. The second kappa shape index (κ2) is 6.65. The van der Waals surface area contributed by atoms with Crippen molar-refractivity contribution in [2.75, 3.05) is 6.61 Å². The molecule has 0 aliphatic carbocycles. The van der Waals surface area contributed by atoms with Crippen LogP contribution in [-0.4, -0.2) is 23.9 Å². The topological polar surface area (TPSA) is 68.4 Å². The molecular formula is C11H11ClF3NO4. The average molecular weight is 314 g/mol. The third-order valence-electron chi connectivity index (χ3n) is 2.23. The van der Waals surface area contributed by atoms with Crippen molar-refractivity contribution in [3.63, 3.8) is 0 Å². The van der Waals surface area contributed by atoms with Crippen LogP contribution in [0, 0.1) is 0 Å². The predicted molar refractivity (Wildman–Crippen MR) is 63.6 cm³/mol. The Hall–Kier alpha value is -1.70. The number of ether oxygens (including phenoxy) is 2. The first-order valence-corrected chi connectivity index (χ1v) is 6.02. The highest BCUT2D eigenvalue weighted by molar-refractivity contribution is 6.17. The zero-order chi connectivity index (χ0) is 15.3. The molecule has 0 radical (unpaired) electrons. The molecule has 0 bridgehead atoms. The molecule has 0 saturated carbocycles. The van der Waals surface area contributed by atoms with Crippen molar-refractivity contribution in [2.45, 2.75) is 25.6 Å². The van der Waals surface area contributed by atoms with Gasteiger partial charge in [-0.1, -0.05) is 0 Å². The van der Waals surface area contributed by atoms with E-state index in [2.05, 4.69) is 14.5 Å². The van der Waals surface area contributed by atoms with E-state index in [1.807, 2.05) is 0 Å². The quantitative estimate of drug-likeness (QED) is 0.668. The maximum absolute atomic E-state index is 12.3. The van der Waals surface area contributed by atoms with Gasteiger partial charge in [-0.2, -0.15) is 0 Å². The molecule has 9 heteroatoms. The largest absolute Gasteiger partial charge is 0.573 e. The molecule has 1 rings (SSSR count). The van der Waals surface area contributed by atoms with Gasteiger partial charge in [-0.05, 0) is 12.5 Å². The summed E-state index contributed by atoms with van der Waals surface area (Å²) in [6.07, 6.45) is -4.46. The molecule has 1 heterocycles. The fourth-order valence-electron chi connectivity index (χ4n) is 1.48. The Morgan fingerprint density at radius 3 is 2.60 bits per heavy atom. The maximum Gasteiger partial charge on any atom is 0.573 e. The number of esters is 1. The molecule has 0 saturated heterocycles. The summed E-state index contributed by atoms with van der Waals surface area (Å²) in [6.45, 7) is 1.61. The molecule has 1 N–H and O–H groups in total. The zero-order valence-electron chi connectivity index (χ0n) is 10.3. The van der Waals surface area contributed by atoms with E-state index < -0.39 is 30.1 Å². The molecule has 0 aliphatic rings. The van der Waals surface area contributed by atoms with Crippen LogP contribution in [0.3, 0.4) is 0 Å². The van der Waals surface area contributed by atoms with Crippen LogP contribution in [0.5, 0.6) is 5.75 Å². The summed E-state index contributed by atoms with van der Waals surface area (Å²) >= 11 is 5.58. The standard InChI is InChI=1S/C11H11ClF3NO4/c1-2-19-8(17)3-7-6(4-12)5-16-10(18)9(7)20-11(13,14)15/h5H,2-4H2,1H3,(H,16,18).